The van der Waals surface area contributed by atoms with Gasteiger partial charge in [0.25, 0.3) is 0 Å². The largest absolute Gasteiger partial charge is 0.465 e. The highest BCUT2D eigenvalue weighted by molar-refractivity contribution is 7.94. The first-order chi connectivity index (χ1) is 6.14. The molecule has 0 bridgehead atoms. The van der Waals surface area contributed by atoms with Gasteiger partial charge in [0.2, 0.25) is 0 Å². The molecule has 0 saturated heterocycles. The molecule has 0 rings (SSSR count). The van der Waals surface area contributed by atoms with Crippen molar-refractivity contribution in [2.75, 3.05) is 6.61 Å². The van der Waals surface area contributed by atoms with Crippen LogP contribution in [0.3, 0.4) is 0 Å². The molecule has 0 aromatic rings. The molecule has 1 atom stereocenters. The minimum Gasteiger partial charge on any atom is -0.465 e. The Hall–Kier alpha value is -0.580. The topological polar surface area (TPSA) is 60.4 Å². The zero-order valence-corrected chi connectivity index (χ0v) is 10.1. The van der Waals surface area contributed by atoms with Crippen molar-refractivity contribution in [3.63, 3.8) is 0 Å². The van der Waals surface area contributed by atoms with Crippen LogP contribution in [0.4, 0.5) is 0 Å². The van der Waals surface area contributed by atoms with E-state index in [2.05, 4.69) is 4.74 Å². The smallest absolute Gasteiger partial charge is 0.324 e. The average molecular weight is 222 g/mol. The van der Waals surface area contributed by atoms with Crippen molar-refractivity contribution in [3.8, 4) is 0 Å². The summed E-state index contributed by atoms with van der Waals surface area (Å²) in [5.41, 5.74) is 0. The molecule has 84 valence electrons. The van der Waals surface area contributed by atoms with E-state index in [1.54, 1.807) is 27.7 Å². The number of rotatable bonds is 3. The molecule has 0 saturated carbocycles. The Balaban J connectivity index is 4.87. The molecule has 0 aliphatic heterocycles. The van der Waals surface area contributed by atoms with Gasteiger partial charge in [-0.25, -0.2) is 8.42 Å². The van der Waals surface area contributed by atoms with E-state index in [0.29, 0.717) is 0 Å². The monoisotopic (exact) mass is 222 g/mol. The predicted molar refractivity (Wildman–Crippen MR) is 54.8 cm³/mol. The summed E-state index contributed by atoms with van der Waals surface area (Å²) in [6.07, 6.45) is 0. The van der Waals surface area contributed by atoms with Crippen LogP contribution in [0.15, 0.2) is 0 Å². The quantitative estimate of drug-likeness (QED) is 0.672. The molecule has 14 heavy (non-hydrogen) atoms. The lowest BCUT2D eigenvalue weighted by Crippen LogP contribution is -2.40. The maximum absolute atomic E-state index is 11.8. The molecule has 0 spiro atoms. The van der Waals surface area contributed by atoms with Crippen molar-refractivity contribution in [2.45, 2.75) is 44.6 Å². The van der Waals surface area contributed by atoms with Gasteiger partial charge in [0.1, 0.15) is 0 Å². The summed E-state index contributed by atoms with van der Waals surface area (Å²) >= 11 is 0. The van der Waals surface area contributed by atoms with E-state index in [1.165, 1.54) is 6.92 Å². The first kappa shape index (κ1) is 13.4. The van der Waals surface area contributed by atoms with E-state index in [0.717, 1.165) is 0 Å². The zero-order valence-electron chi connectivity index (χ0n) is 9.33. The van der Waals surface area contributed by atoms with Crippen LogP contribution < -0.4 is 0 Å². The molecule has 1 unspecified atom stereocenters. The number of carbonyl (C=O) groups is 1. The fourth-order valence-electron chi connectivity index (χ4n) is 0.917. The molecule has 0 amide bonds. The van der Waals surface area contributed by atoms with Crippen LogP contribution in [0.25, 0.3) is 0 Å². The summed E-state index contributed by atoms with van der Waals surface area (Å²) in [5.74, 6) is -0.678. The lowest BCUT2D eigenvalue weighted by molar-refractivity contribution is -0.142. The second kappa shape index (κ2) is 4.29. The van der Waals surface area contributed by atoms with Gasteiger partial charge in [0.15, 0.2) is 15.1 Å². The van der Waals surface area contributed by atoms with Gasteiger partial charge in [0.05, 0.1) is 11.4 Å². The first-order valence-electron chi connectivity index (χ1n) is 4.54. The van der Waals surface area contributed by atoms with Crippen molar-refractivity contribution < 1.29 is 17.9 Å². The van der Waals surface area contributed by atoms with E-state index in [4.69, 9.17) is 0 Å². The molecule has 0 aliphatic rings. The van der Waals surface area contributed by atoms with Gasteiger partial charge < -0.3 is 4.74 Å². The molecular weight excluding hydrogens is 204 g/mol. The normalized spacial score (nSPS) is 14.9. The third kappa shape index (κ3) is 2.70. The van der Waals surface area contributed by atoms with Crippen molar-refractivity contribution in [2.24, 2.45) is 0 Å². The Morgan fingerprint density at radius 1 is 1.36 bits per heavy atom. The number of sulfone groups is 1. The van der Waals surface area contributed by atoms with Gasteiger partial charge in [-0.2, -0.15) is 0 Å². The Labute approximate surface area is 85.6 Å². The fourth-order valence-corrected chi connectivity index (χ4v) is 2.30. The van der Waals surface area contributed by atoms with Crippen molar-refractivity contribution in [1.29, 1.82) is 0 Å². The average Bonchev–Trinajstić information content (AvgIpc) is 2.01. The van der Waals surface area contributed by atoms with Crippen molar-refractivity contribution in [1.82, 2.24) is 0 Å². The van der Waals surface area contributed by atoms with Crippen LogP contribution in [0.2, 0.25) is 0 Å². The van der Waals surface area contributed by atoms with Crippen LogP contribution in [-0.4, -0.2) is 31.0 Å². The SMILES string of the molecule is CCOC(=O)C(C)S(=O)(=O)C(C)(C)C. The molecule has 0 aromatic heterocycles. The molecule has 0 heterocycles. The second-order valence-corrected chi connectivity index (χ2v) is 7.07. The fraction of sp³-hybridized carbons (Fsp3) is 0.889. The molecule has 0 aromatic carbocycles. The van der Waals surface area contributed by atoms with Crippen LogP contribution in [-0.2, 0) is 19.4 Å². The molecule has 0 N–H and O–H groups in total. The van der Waals surface area contributed by atoms with Gasteiger partial charge in [-0.05, 0) is 34.6 Å². The highest BCUT2D eigenvalue weighted by atomic mass is 32.2. The Bertz CT molecular complexity index is 297. The summed E-state index contributed by atoms with van der Waals surface area (Å²) < 4.78 is 27.3. The van der Waals surface area contributed by atoms with Crippen molar-refractivity contribution >= 4 is 15.8 Å². The van der Waals surface area contributed by atoms with E-state index in [9.17, 15) is 13.2 Å². The van der Waals surface area contributed by atoms with Gasteiger partial charge >= 0.3 is 5.97 Å². The summed E-state index contributed by atoms with van der Waals surface area (Å²) in [4.78, 5) is 11.2. The standard InChI is InChI=1S/C9H18O4S/c1-6-13-8(10)7(2)14(11,12)9(3,4)5/h7H,6H2,1-5H3. The Kier molecular flexibility index (Phi) is 4.12. The molecule has 0 fully saturated rings. The van der Waals surface area contributed by atoms with Crippen LogP contribution >= 0.6 is 0 Å². The third-order valence-corrected chi connectivity index (χ3v) is 4.77. The van der Waals surface area contributed by atoms with Gasteiger partial charge in [-0.1, -0.05) is 0 Å². The van der Waals surface area contributed by atoms with Gasteiger partial charge in [-0.3, -0.25) is 4.79 Å². The van der Waals surface area contributed by atoms with Crippen LogP contribution in [0.1, 0.15) is 34.6 Å². The van der Waals surface area contributed by atoms with Crippen molar-refractivity contribution in [3.05, 3.63) is 0 Å². The first-order valence-corrected chi connectivity index (χ1v) is 6.09. The molecule has 0 radical (unpaired) electrons. The minimum atomic E-state index is -3.47. The maximum atomic E-state index is 11.8. The number of carbonyl (C=O) groups excluding carboxylic acids is 1. The van der Waals surface area contributed by atoms with Gasteiger partial charge in [0, 0.05) is 0 Å². The summed E-state index contributed by atoms with van der Waals surface area (Å²) in [6, 6.07) is 0. The highest BCUT2D eigenvalue weighted by Crippen LogP contribution is 2.21. The molecule has 4 nitrogen and oxygen atoms in total. The minimum absolute atomic E-state index is 0.197. The number of esters is 1. The number of ether oxygens (including phenoxy) is 1. The van der Waals surface area contributed by atoms with E-state index in [-0.39, 0.29) is 6.61 Å². The summed E-state index contributed by atoms with van der Waals surface area (Å²) in [7, 11) is -3.47. The zero-order chi connectivity index (χ0) is 11.6. The van der Waals surface area contributed by atoms with E-state index in [1.807, 2.05) is 0 Å². The molecular formula is C9H18O4S. The summed E-state index contributed by atoms with van der Waals surface area (Å²) in [6.45, 7) is 7.91. The van der Waals surface area contributed by atoms with Crippen LogP contribution in [0, 0.1) is 0 Å². The van der Waals surface area contributed by atoms with E-state index < -0.39 is 25.8 Å². The lowest BCUT2D eigenvalue weighted by atomic mass is 10.3. The molecule has 0 aliphatic carbocycles. The number of hydrogen-bond acceptors (Lipinski definition) is 4. The summed E-state index contributed by atoms with van der Waals surface area (Å²) in [5, 5.41) is -1.09. The predicted octanol–water partition coefficient (Wildman–Crippen LogP) is 1.15. The second-order valence-electron chi connectivity index (χ2n) is 4.05. The Morgan fingerprint density at radius 3 is 2.07 bits per heavy atom. The Morgan fingerprint density at radius 2 is 1.79 bits per heavy atom. The highest BCUT2D eigenvalue weighted by Gasteiger charge is 2.39. The third-order valence-electron chi connectivity index (χ3n) is 1.94. The van der Waals surface area contributed by atoms with Gasteiger partial charge in [-0.15, -0.1) is 0 Å². The van der Waals surface area contributed by atoms with Crippen LogP contribution in [0.5, 0.6) is 0 Å². The lowest BCUT2D eigenvalue weighted by Gasteiger charge is -2.22. The molecule has 5 heteroatoms. The van der Waals surface area contributed by atoms with E-state index >= 15 is 0 Å². The maximum Gasteiger partial charge on any atom is 0.324 e. The number of hydrogen-bond donors (Lipinski definition) is 0.